The molecule has 0 spiro atoms. The largest absolute Gasteiger partial charge is 0.341 e. The maximum Gasteiger partial charge on any atom is 0.269 e. The molecular weight excluding hydrogens is 240 g/mol. The van der Waals surface area contributed by atoms with Crippen LogP contribution < -0.4 is 0 Å². The van der Waals surface area contributed by atoms with Crippen LogP contribution in [0.5, 0.6) is 0 Å². The van der Waals surface area contributed by atoms with Crippen molar-refractivity contribution >= 4 is 10.1 Å². The lowest BCUT2D eigenvalue weighted by Crippen LogP contribution is -2.00. The molecule has 0 radical (unpaired) electrons. The van der Waals surface area contributed by atoms with Crippen LogP contribution >= 0.6 is 0 Å². The van der Waals surface area contributed by atoms with Crippen molar-refractivity contribution in [2.24, 2.45) is 7.05 Å². The van der Waals surface area contributed by atoms with Gasteiger partial charge in [-0.1, -0.05) is 30.3 Å². The first kappa shape index (κ1) is 13.4. The van der Waals surface area contributed by atoms with Crippen molar-refractivity contribution in [3.8, 4) is 0 Å². The third-order valence-electron chi connectivity index (χ3n) is 1.83. The Morgan fingerprint density at radius 2 is 1.94 bits per heavy atom. The summed E-state index contributed by atoms with van der Waals surface area (Å²) in [6, 6.07) is 8.52. The van der Waals surface area contributed by atoms with E-state index in [4.69, 9.17) is 4.55 Å². The van der Waals surface area contributed by atoms with Crippen LogP contribution in [0.3, 0.4) is 0 Å². The Kier molecular flexibility index (Phi) is 4.86. The van der Waals surface area contributed by atoms with E-state index in [0.29, 0.717) is 5.56 Å². The van der Waals surface area contributed by atoms with E-state index in [1.807, 2.05) is 17.8 Å². The fourth-order valence-corrected chi connectivity index (χ4v) is 1.72. The highest BCUT2D eigenvalue weighted by Gasteiger charge is 2.04. The van der Waals surface area contributed by atoms with E-state index in [-0.39, 0.29) is 5.75 Å². The molecule has 1 aromatic carbocycles. The van der Waals surface area contributed by atoms with Crippen LogP contribution in [-0.4, -0.2) is 22.5 Å². The molecule has 0 unspecified atom stereocenters. The first-order valence-corrected chi connectivity index (χ1v) is 6.49. The lowest BCUT2D eigenvalue weighted by molar-refractivity contribution is 0.482. The molecule has 6 heteroatoms. The predicted molar refractivity (Wildman–Crippen MR) is 64.9 cm³/mol. The summed E-state index contributed by atoms with van der Waals surface area (Å²) in [5.41, 5.74) is 0.593. The minimum Gasteiger partial charge on any atom is -0.341 e. The van der Waals surface area contributed by atoms with Crippen molar-refractivity contribution in [3.05, 3.63) is 54.6 Å². The van der Waals surface area contributed by atoms with Crippen LogP contribution in [0.25, 0.3) is 0 Å². The fourth-order valence-electron chi connectivity index (χ4n) is 1.11. The average molecular weight is 254 g/mol. The smallest absolute Gasteiger partial charge is 0.269 e. The second-order valence-corrected chi connectivity index (χ2v) is 4.89. The molecule has 2 aromatic rings. The van der Waals surface area contributed by atoms with Crippen molar-refractivity contribution in [2.45, 2.75) is 5.75 Å². The van der Waals surface area contributed by atoms with Gasteiger partial charge in [-0.2, -0.15) is 8.42 Å². The van der Waals surface area contributed by atoms with Gasteiger partial charge in [0.1, 0.15) is 5.75 Å². The quantitative estimate of drug-likeness (QED) is 0.824. The molecule has 2 rings (SSSR count). The second kappa shape index (κ2) is 6.17. The van der Waals surface area contributed by atoms with Crippen LogP contribution in [0.15, 0.2) is 49.1 Å². The molecule has 1 N–H and O–H groups in total. The zero-order chi connectivity index (χ0) is 12.7. The molecule has 1 aromatic heterocycles. The van der Waals surface area contributed by atoms with Crippen molar-refractivity contribution in [3.63, 3.8) is 0 Å². The molecule has 0 saturated carbocycles. The standard InChI is InChI=1S/C7H8O3S.C4H6N2/c8-11(9,10)6-7-4-2-1-3-5-7;1-6-3-2-5-4-6/h1-5H,6H2,(H,8,9,10);2-4H,1H3. The SMILES string of the molecule is Cn1ccnc1.O=S(=O)(O)Cc1ccccc1. The normalized spacial score (nSPS) is 10.5. The molecular formula is C11H14N2O3S. The zero-order valence-corrected chi connectivity index (χ0v) is 10.2. The summed E-state index contributed by atoms with van der Waals surface area (Å²) in [5, 5.41) is 0. The molecule has 0 aliphatic heterocycles. The number of hydrogen-bond acceptors (Lipinski definition) is 3. The van der Waals surface area contributed by atoms with Gasteiger partial charge in [-0.3, -0.25) is 4.55 Å². The molecule has 0 aliphatic rings. The van der Waals surface area contributed by atoms with Gasteiger partial charge in [-0.15, -0.1) is 0 Å². The first-order chi connectivity index (χ1) is 7.97. The number of aryl methyl sites for hydroxylation is 1. The van der Waals surface area contributed by atoms with Gasteiger partial charge >= 0.3 is 0 Å². The van der Waals surface area contributed by atoms with Gasteiger partial charge in [0.15, 0.2) is 0 Å². The molecule has 0 bridgehead atoms. The summed E-state index contributed by atoms with van der Waals surface area (Å²) in [5.74, 6) is -0.312. The number of imidazole rings is 1. The highest BCUT2D eigenvalue weighted by molar-refractivity contribution is 7.85. The van der Waals surface area contributed by atoms with E-state index in [9.17, 15) is 8.42 Å². The molecule has 0 atom stereocenters. The number of nitrogens with zero attached hydrogens (tertiary/aromatic N) is 2. The van der Waals surface area contributed by atoms with Crippen molar-refractivity contribution in [1.82, 2.24) is 9.55 Å². The van der Waals surface area contributed by atoms with Crippen LogP contribution in [0.2, 0.25) is 0 Å². The molecule has 0 aliphatic carbocycles. The van der Waals surface area contributed by atoms with Crippen LogP contribution in [0.1, 0.15) is 5.56 Å². The number of benzene rings is 1. The van der Waals surface area contributed by atoms with E-state index in [1.54, 1.807) is 42.9 Å². The Balaban J connectivity index is 0.000000202. The first-order valence-electron chi connectivity index (χ1n) is 4.88. The maximum absolute atomic E-state index is 10.4. The molecule has 17 heavy (non-hydrogen) atoms. The highest BCUT2D eigenvalue weighted by atomic mass is 32.2. The lowest BCUT2D eigenvalue weighted by atomic mass is 10.2. The Hall–Kier alpha value is -1.66. The van der Waals surface area contributed by atoms with Crippen molar-refractivity contribution < 1.29 is 13.0 Å². The molecule has 0 saturated heterocycles. The number of aromatic nitrogens is 2. The fraction of sp³-hybridized carbons (Fsp3) is 0.182. The number of hydrogen-bond donors (Lipinski definition) is 1. The van der Waals surface area contributed by atoms with Crippen molar-refractivity contribution in [2.75, 3.05) is 0 Å². The van der Waals surface area contributed by atoms with Gasteiger partial charge in [0, 0.05) is 19.4 Å². The van der Waals surface area contributed by atoms with E-state index in [0.717, 1.165) is 0 Å². The Morgan fingerprint density at radius 3 is 2.29 bits per heavy atom. The molecule has 92 valence electrons. The van der Waals surface area contributed by atoms with Gasteiger partial charge < -0.3 is 4.57 Å². The van der Waals surface area contributed by atoms with Crippen LogP contribution in [0, 0.1) is 0 Å². The third-order valence-corrected chi connectivity index (χ3v) is 2.53. The Bertz CT molecular complexity index is 521. The topological polar surface area (TPSA) is 72.2 Å². The monoisotopic (exact) mass is 254 g/mol. The minimum atomic E-state index is -3.88. The average Bonchev–Trinajstić information content (AvgIpc) is 2.69. The van der Waals surface area contributed by atoms with Gasteiger partial charge in [-0.05, 0) is 5.56 Å². The van der Waals surface area contributed by atoms with Gasteiger partial charge in [0.25, 0.3) is 10.1 Å². The van der Waals surface area contributed by atoms with E-state index in [1.165, 1.54) is 0 Å². The van der Waals surface area contributed by atoms with Crippen LogP contribution in [-0.2, 0) is 22.9 Å². The van der Waals surface area contributed by atoms with Gasteiger partial charge in [-0.25, -0.2) is 4.98 Å². The van der Waals surface area contributed by atoms with Gasteiger partial charge in [0.05, 0.1) is 6.33 Å². The molecule has 1 heterocycles. The Morgan fingerprint density at radius 1 is 1.29 bits per heavy atom. The maximum atomic E-state index is 10.4. The van der Waals surface area contributed by atoms with E-state index < -0.39 is 10.1 Å². The molecule has 0 fully saturated rings. The summed E-state index contributed by atoms with van der Waals surface area (Å²) < 4.78 is 31.0. The summed E-state index contributed by atoms with van der Waals surface area (Å²) in [6.45, 7) is 0. The highest BCUT2D eigenvalue weighted by Crippen LogP contribution is 2.02. The molecule has 5 nitrogen and oxygen atoms in total. The molecule has 0 amide bonds. The van der Waals surface area contributed by atoms with Crippen LogP contribution in [0.4, 0.5) is 0 Å². The summed E-state index contributed by atoms with van der Waals surface area (Å²) >= 11 is 0. The van der Waals surface area contributed by atoms with E-state index in [2.05, 4.69) is 4.98 Å². The third kappa shape index (κ3) is 6.49. The minimum absolute atomic E-state index is 0.312. The van der Waals surface area contributed by atoms with E-state index >= 15 is 0 Å². The lowest BCUT2D eigenvalue weighted by Gasteiger charge is -1.95. The Labute approximate surface area is 100 Å². The summed E-state index contributed by atoms with van der Waals surface area (Å²) in [4.78, 5) is 3.78. The number of rotatable bonds is 2. The van der Waals surface area contributed by atoms with Crippen molar-refractivity contribution in [1.29, 1.82) is 0 Å². The second-order valence-electron chi connectivity index (χ2n) is 3.44. The zero-order valence-electron chi connectivity index (χ0n) is 9.39. The summed E-state index contributed by atoms with van der Waals surface area (Å²) in [6.07, 6.45) is 5.39. The summed E-state index contributed by atoms with van der Waals surface area (Å²) in [7, 11) is -1.94. The van der Waals surface area contributed by atoms with Gasteiger partial charge in [0.2, 0.25) is 0 Å². The predicted octanol–water partition coefficient (Wildman–Crippen LogP) is 1.49.